The smallest absolute Gasteiger partial charge is 0.180 e. The molecule has 1 aromatic carbocycles. The molecule has 0 saturated heterocycles. The van der Waals surface area contributed by atoms with Crippen LogP contribution in [-0.4, -0.2) is 22.0 Å². The van der Waals surface area contributed by atoms with E-state index in [0.717, 1.165) is 22.4 Å². The molecule has 94 valence electrons. The molecule has 0 aliphatic rings. The summed E-state index contributed by atoms with van der Waals surface area (Å²) in [5.74, 6) is 1.43. The van der Waals surface area contributed by atoms with Crippen molar-refractivity contribution in [2.45, 2.75) is 6.92 Å². The van der Waals surface area contributed by atoms with Gasteiger partial charge in [-0.15, -0.1) is 0 Å². The van der Waals surface area contributed by atoms with Crippen molar-refractivity contribution in [1.82, 2.24) is 15.0 Å². The van der Waals surface area contributed by atoms with Crippen LogP contribution in [0.3, 0.4) is 0 Å². The number of anilines is 1. The van der Waals surface area contributed by atoms with E-state index in [2.05, 4.69) is 33.3 Å². The molecular formula is C15H14N4. The zero-order valence-electron chi connectivity index (χ0n) is 10.9. The topological polar surface area (TPSA) is 50.7 Å². The van der Waals surface area contributed by atoms with E-state index in [1.165, 1.54) is 5.56 Å². The van der Waals surface area contributed by atoms with E-state index in [4.69, 9.17) is 0 Å². The Hall–Kier alpha value is -2.49. The maximum Gasteiger partial charge on any atom is 0.180 e. The maximum atomic E-state index is 4.63. The van der Waals surface area contributed by atoms with Crippen LogP contribution in [0.4, 0.5) is 5.82 Å². The number of hydrogen-bond acceptors (Lipinski definition) is 4. The molecule has 19 heavy (non-hydrogen) atoms. The van der Waals surface area contributed by atoms with Gasteiger partial charge in [0.05, 0.1) is 5.52 Å². The zero-order chi connectivity index (χ0) is 13.2. The van der Waals surface area contributed by atoms with Gasteiger partial charge in [-0.25, -0.2) is 15.0 Å². The first-order valence-electron chi connectivity index (χ1n) is 6.15. The van der Waals surface area contributed by atoms with Gasteiger partial charge in [0.25, 0.3) is 0 Å². The molecule has 2 heterocycles. The minimum absolute atomic E-state index is 0.640. The monoisotopic (exact) mass is 250 g/mol. The fourth-order valence-corrected chi connectivity index (χ4v) is 2.09. The standard InChI is InChI=1S/C15H14N4/c1-10-9-13(15-17-8-7-14(16-2)19-15)18-12-6-4-3-5-11(10)12/h3-9H,1-2H3,(H,16,17,19). The highest BCUT2D eigenvalue weighted by Crippen LogP contribution is 2.22. The Kier molecular flexibility index (Phi) is 2.83. The fourth-order valence-electron chi connectivity index (χ4n) is 2.09. The van der Waals surface area contributed by atoms with Gasteiger partial charge in [0.1, 0.15) is 11.5 Å². The normalized spacial score (nSPS) is 10.6. The predicted molar refractivity (Wildman–Crippen MR) is 77.1 cm³/mol. The van der Waals surface area contributed by atoms with Crippen LogP contribution in [0.15, 0.2) is 42.6 Å². The highest BCUT2D eigenvalue weighted by molar-refractivity contribution is 5.84. The van der Waals surface area contributed by atoms with Gasteiger partial charge < -0.3 is 5.32 Å². The summed E-state index contributed by atoms with van der Waals surface area (Å²) in [7, 11) is 1.84. The first-order valence-corrected chi connectivity index (χ1v) is 6.15. The number of fused-ring (bicyclic) bond motifs is 1. The van der Waals surface area contributed by atoms with Crippen LogP contribution in [0, 0.1) is 6.92 Å². The lowest BCUT2D eigenvalue weighted by Gasteiger charge is -2.06. The lowest BCUT2D eigenvalue weighted by atomic mass is 10.1. The number of hydrogen-bond donors (Lipinski definition) is 1. The molecule has 0 radical (unpaired) electrons. The molecule has 0 atom stereocenters. The minimum Gasteiger partial charge on any atom is -0.373 e. The largest absolute Gasteiger partial charge is 0.373 e. The number of nitrogens with one attached hydrogen (secondary N) is 1. The third-order valence-electron chi connectivity index (χ3n) is 3.06. The molecule has 3 rings (SSSR count). The molecule has 2 aromatic heterocycles. The second kappa shape index (κ2) is 4.65. The van der Waals surface area contributed by atoms with E-state index in [1.54, 1.807) is 6.20 Å². The molecule has 0 unspecified atom stereocenters. The number of para-hydroxylation sites is 1. The number of rotatable bonds is 2. The third-order valence-corrected chi connectivity index (χ3v) is 3.06. The van der Waals surface area contributed by atoms with E-state index in [-0.39, 0.29) is 0 Å². The third kappa shape index (κ3) is 2.12. The van der Waals surface area contributed by atoms with Crippen LogP contribution in [-0.2, 0) is 0 Å². The Morgan fingerprint density at radius 2 is 1.89 bits per heavy atom. The number of aryl methyl sites for hydroxylation is 1. The number of benzene rings is 1. The van der Waals surface area contributed by atoms with Crippen LogP contribution in [0.1, 0.15) is 5.56 Å². The van der Waals surface area contributed by atoms with Crippen molar-refractivity contribution in [3.8, 4) is 11.5 Å². The van der Waals surface area contributed by atoms with Gasteiger partial charge in [0, 0.05) is 18.6 Å². The van der Waals surface area contributed by atoms with Crippen molar-refractivity contribution in [3.05, 3.63) is 48.2 Å². The molecule has 4 heteroatoms. The molecule has 0 spiro atoms. The van der Waals surface area contributed by atoms with Crippen LogP contribution in [0.2, 0.25) is 0 Å². The second-order valence-electron chi connectivity index (χ2n) is 4.36. The predicted octanol–water partition coefficient (Wildman–Crippen LogP) is 3.04. The summed E-state index contributed by atoms with van der Waals surface area (Å²) in [5, 5.41) is 4.17. The molecule has 3 aromatic rings. The van der Waals surface area contributed by atoms with E-state index < -0.39 is 0 Å². The maximum absolute atomic E-state index is 4.63. The van der Waals surface area contributed by atoms with Crippen LogP contribution < -0.4 is 5.32 Å². The summed E-state index contributed by atoms with van der Waals surface area (Å²) in [6.07, 6.45) is 1.74. The number of pyridine rings is 1. The van der Waals surface area contributed by atoms with E-state index in [0.29, 0.717) is 5.82 Å². The molecule has 0 amide bonds. The van der Waals surface area contributed by atoms with Crippen molar-refractivity contribution < 1.29 is 0 Å². The first kappa shape index (κ1) is 11.6. The zero-order valence-corrected chi connectivity index (χ0v) is 10.9. The molecule has 0 aliphatic carbocycles. The van der Waals surface area contributed by atoms with Gasteiger partial charge in [0.2, 0.25) is 0 Å². The van der Waals surface area contributed by atoms with E-state index in [1.807, 2.05) is 37.4 Å². The van der Waals surface area contributed by atoms with Crippen LogP contribution in [0.5, 0.6) is 0 Å². The highest BCUT2D eigenvalue weighted by Gasteiger charge is 2.07. The van der Waals surface area contributed by atoms with Gasteiger partial charge in [-0.1, -0.05) is 18.2 Å². The average Bonchev–Trinajstić information content (AvgIpc) is 2.47. The molecule has 0 fully saturated rings. The van der Waals surface area contributed by atoms with Gasteiger partial charge in [0.15, 0.2) is 5.82 Å². The second-order valence-corrected chi connectivity index (χ2v) is 4.36. The van der Waals surface area contributed by atoms with Crippen molar-refractivity contribution in [2.24, 2.45) is 0 Å². The van der Waals surface area contributed by atoms with Crippen molar-refractivity contribution in [3.63, 3.8) is 0 Å². The highest BCUT2D eigenvalue weighted by atomic mass is 15.0. The van der Waals surface area contributed by atoms with Gasteiger partial charge in [-0.2, -0.15) is 0 Å². The molecule has 4 nitrogen and oxygen atoms in total. The van der Waals surface area contributed by atoms with Gasteiger partial charge in [-0.3, -0.25) is 0 Å². The molecule has 0 bridgehead atoms. The Balaban J connectivity index is 2.19. The van der Waals surface area contributed by atoms with E-state index in [9.17, 15) is 0 Å². The Labute approximate surface area is 111 Å². The molecule has 0 aliphatic heterocycles. The summed E-state index contributed by atoms with van der Waals surface area (Å²) in [6, 6.07) is 12.0. The van der Waals surface area contributed by atoms with Crippen molar-refractivity contribution in [1.29, 1.82) is 0 Å². The summed E-state index contributed by atoms with van der Waals surface area (Å²) in [5.41, 5.74) is 2.95. The Morgan fingerprint density at radius 3 is 2.74 bits per heavy atom. The minimum atomic E-state index is 0.640. The van der Waals surface area contributed by atoms with Gasteiger partial charge >= 0.3 is 0 Å². The summed E-state index contributed by atoms with van der Waals surface area (Å²) < 4.78 is 0. The number of aromatic nitrogens is 3. The Morgan fingerprint density at radius 1 is 1.05 bits per heavy atom. The lowest BCUT2D eigenvalue weighted by molar-refractivity contribution is 1.14. The van der Waals surface area contributed by atoms with Gasteiger partial charge in [-0.05, 0) is 30.7 Å². The van der Waals surface area contributed by atoms with Crippen molar-refractivity contribution >= 4 is 16.7 Å². The quantitative estimate of drug-likeness (QED) is 0.759. The summed E-state index contributed by atoms with van der Waals surface area (Å²) >= 11 is 0. The Bertz CT molecular complexity index is 737. The SMILES string of the molecule is CNc1ccnc(-c2cc(C)c3ccccc3n2)n1. The fraction of sp³-hybridized carbons (Fsp3) is 0.133. The summed E-state index contributed by atoms with van der Waals surface area (Å²) in [4.78, 5) is 13.3. The van der Waals surface area contributed by atoms with Crippen LogP contribution >= 0.6 is 0 Å². The van der Waals surface area contributed by atoms with Crippen molar-refractivity contribution in [2.75, 3.05) is 12.4 Å². The lowest BCUT2D eigenvalue weighted by Crippen LogP contribution is -1.97. The molecule has 1 N–H and O–H groups in total. The number of nitrogens with zero attached hydrogens (tertiary/aromatic N) is 3. The van der Waals surface area contributed by atoms with E-state index >= 15 is 0 Å². The first-order chi connectivity index (χ1) is 9.28. The van der Waals surface area contributed by atoms with Crippen LogP contribution in [0.25, 0.3) is 22.4 Å². The summed E-state index contributed by atoms with van der Waals surface area (Å²) in [6.45, 7) is 2.08. The average molecular weight is 250 g/mol. The molecular weight excluding hydrogens is 236 g/mol. The molecule has 0 saturated carbocycles.